The van der Waals surface area contributed by atoms with Gasteiger partial charge in [0.05, 0.1) is 16.3 Å². The number of hydrogen-bond donors (Lipinski definition) is 3. The molecule has 0 aromatic heterocycles. The maximum Gasteiger partial charge on any atom is 1.00 e. The van der Waals surface area contributed by atoms with Gasteiger partial charge in [-0.1, -0.05) is 5.75 Å². The normalized spacial score (nSPS) is 11.8. The Bertz CT molecular complexity index is 1440. The van der Waals surface area contributed by atoms with Crippen molar-refractivity contribution in [2.45, 2.75) is 16.7 Å². The van der Waals surface area contributed by atoms with Crippen LogP contribution in [0.3, 0.4) is 0 Å². The summed E-state index contributed by atoms with van der Waals surface area (Å²) in [6, 6.07) is 6.46. The fourth-order valence-electron chi connectivity index (χ4n) is 2.74. The van der Waals surface area contributed by atoms with Gasteiger partial charge in [0.15, 0.2) is 0 Å². The monoisotopic (exact) mass is 497 g/mol. The minimum atomic E-state index is -5.02. The van der Waals surface area contributed by atoms with Gasteiger partial charge in [-0.15, -0.1) is 10.9 Å². The van der Waals surface area contributed by atoms with Gasteiger partial charge in [-0.2, -0.15) is 21.9 Å². The zero-order chi connectivity index (χ0) is 22.4. The summed E-state index contributed by atoms with van der Waals surface area (Å²) in [5, 5.41) is 31.5. The molecule has 0 aliphatic carbocycles. The van der Waals surface area contributed by atoms with E-state index in [1.807, 2.05) is 0 Å². The van der Waals surface area contributed by atoms with Crippen molar-refractivity contribution in [3.05, 3.63) is 42.0 Å². The van der Waals surface area contributed by atoms with E-state index < -0.39 is 58.0 Å². The number of nitrogen functional groups attached to an aromatic ring is 1. The summed E-state index contributed by atoms with van der Waals surface area (Å²) < 4.78 is 64.8. The van der Waals surface area contributed by atoms with Gasteiger partial charge in [0, 0.05) is 5.69 Å². The molecule has 0 heterocycles. The summed E-state index contributed by atoms with van der Waals surface area (Å²) in [7, 11) is -9.83. The number of aryl methyl sites for hydroxylation is 1. The quantitative estimate of drug-likeness (QED) is 0.138. The average molecular weight is 497 g/mol. The van der Waals surface area contributed by atoms with E-state index in [1.165, 1.54) is 12.1 Å². The molecule has 15 heteroatoms. The van der Waals surface area contributed by atoms with Crippen LogP contribution >= 0.6 is 0 Å². The van der Waals surface area contributed by atoms with Crippen LogP contribution in [0.4, 0.5) is 17.1 Å². The molecule has 0 amide bonds. The predicted octanol–water partition coefficient (Wildman–Crippen LogP) is -4.21. The first-order valence-electron chi connectivity index (χ1n) is 8.00. The van der Waals surface area contributed by atoms with Crippen LogP contribution in [0.25, 0.3) is 10.8 Å². The molecule has 0 spiro atoms. The molecule has 0 atom stereocenters. The molecular weight excluding hydrogens is 484 g/mol. The van der Waals surface area contributed by atoms with Gasteiger partial charge in [-0.25, -0.2) is 0 Å². The van der Waals surface area contributed by atoms with Crippen LogP contribution in [0.5, 0.6) is 11.5 Å². The first kappa shape index (κ1) is 28.8. The summed E-state index contributed by atoms with van der Waals surface area (Å²) >= 11 is 0. The van der Waals surface area contributed by atoms with Crippen LogP contribution in [0, 0.1) is 6.92 Å². The molecule has 158 valence electrons. The third-order valence-corrected chi connectivity index (χ3v) is 5.82. The van der Waals surface area contributed by atoms with Crippen molar-refractivity contribution in [2.75, 3.05) is 5.73 Å². The summed E-state index contributed by atoms with van der Waals surface area (Å²) in [5.41, 5.74) is 6.04. The van der Waals surface area contributed by atoms with Crippen molar-refractivity contribution >= 4 is 48.1 Å². The predicted molar refractivity (Wildman–Crippen MR) is 102 cm³/mol. The van der Waals surface area contributed by atoms with Crippen molar-refractivity contribution in [2.24, 2.45) is 10.2 Å². The van der Waals surface area contributed by atoms with Gasteiger partial charge in [-0.3, -0.25) is 9.11 Å². The SMILES string of the molecule is Cc1cc(N)ccc1N=Nc1c(S(=O)(=O)O)cc2cc(S(=O)(=O)O)cc([O-])c2c1[O-].[Na+].[Na+]. The number of nitrogens with two attached hydrogens (primary N) is 1. The molecule has 0 aliphatic rings. The molecule has 32 heavy (non-hydrogen) atoms. The van der Waals surface area contributed by atoms with Crippen molar-refractivity contribution in [1.29, 1.82) is 0 Å². The molecule has 3 aromatic carbocycles. The Labute approximate surface area is 227 Å². The van der Waals surface area contributed by atoms with Crippen molar-refractivity contribution in [1.82, 2.24) is 0 Å². The number of anilines is 1. The van der Waals surface area contributed by atoms with Crippen molar-refractivity contribution in [3.8, 4) is 11.5 Å². The minimum Gasteiger partial charge on any atom is -0.872 e. The van der Waals surface area contributed by atoms with E-state index in [1.54, 1.807) is 13.0 Å². The van der Waals surface area contributed by atoms with Crippen LogP contribution in [-0.2, 0) is 20.2 Å². The van der Waals surface area contributed by atoms with Gasteiger partial charge < -0.3 is 15.9 Å². The molecule has 0 saturated carbocycles. The van der Waals surface area contributed by atoms with Crippen LogP contribution in [0.15, 0.2) is 56.4 Å². The second-order valence-corrected chi connectivity index (χ2v) is 9.08. The van der Waals surface area contributed by atoms with E-state index in [9.17, 15) is 31.6 Å². The largest absolute Gasteiger partial charge is 1.00 e. The molecule has 11 nitrogen and oxygen atoms in total. The van der Waals surface area contributed by atoms with Crippen LogP contribution in [-0.4, -0.2) is 25.9 Å². The Morgan fingerprint density at radius 3 is 2.06 bits per heavy atom. The third-order valence-electron chi connectivity index (χ3n) is 4.12. The first-order chi connectivity index (χ1) is 13.8. The number of nitrogens with zero attached hydrogens (tertiary/aromatic N) is 2. The second-order valence-electron chi connectivity index (χ2n) is 6.27. The van der Waals surface area contributed by atoms with E-state index in [0.29, 0.717) is 23.4 Å². The topological polar surface area (TPSA) is 206 Å². The second kappa shape index (κ2) is 10.3. The van der Waals surface area contributed by atoms with E-state index in [2.05, 4.69) is 10.2 Å². The zero-order valence-electron chi connectivity index (χ0n) is 17.1. The first-order valence-corrected chi connectivity index (χ1v) is 10.9. The molecule has 3 aromatic rings. The van der Waals surface area contributed by atoms with Crippen LogP contribution < -0.4 is 75.1 Å². The maximum atomic E-state index is 12.8. The van der Waals surface area contributed by atoms with Gasteiger partial charge in [0.25, 0.3) is 20.2 Å². The molecule has 0 fully saturated rings. The summed E-state index contributed by atoms with van der Waals surface area (Å²) in [5.74, 6) is -2.28. The number of azo groups is 1. The number of fused-ring (bicyclic) bond motifs is 1. The van der Waals surface area contributed by atoms with E-state index in [0.717, 1.165) is 6.07 Å². The Hall–Kier alpha value is -1.26. The maximum absolute atomic E-state index is 12.8. The Balaban J connectivity index is 0.00000256. The Morgan fingerprint density at radius 1 is 0.906 bits per heavy atom. The average Bonchev–Trinajstić information content (AvgIpc) is 2.60. The molecule has 3 rings (SSSR count). The van der Waals surface area contributed by atoms with E-state index in [-0.39, 0.29) is 64.8 Å². The Morgan fingerprint density at radius 2 is 1.53 bits per heavy atom. The van der Waals surface area contributed by atoms with Crippen molar-refractivity contribution < 1.29 is 95.3 Å². The van der Waals surface area contributed by atoms with Gasteiger partial charge >= 0.3 is 59.1 Å². The third kappa shape index (κ3) is 5.99. The summed E-state index contributed by atoms with van der Waals surface area (Å²) in [6.45, 7) is 1.64. The van der Waals surface area contributed by atoms with Gasteiger partial charge in [0.1, 0.15) is 4.90 Å². The van der Waals surface area contributed by atoms with Gasteiger partial charge in [0.2, 0.25) is 0 Å². The molecular formula is C17H13N3Na2O8S2. The fraction of sp³-hybridized carbons (Fsp3) is 0.0588. The van der Waals surface area contributed by atoms with E-state index >= 15 is 0 Å². The molecule has 0 aliphatic heterocycles. The fourth-order valence-corrected chi connectivity index (χ4v) is 3.93. The minimum absolute atomic E-state index is 0. The molecule has 0 saturated heterocycles. The van der Waals surface area contributed by atoms with Crippen molar-refractivity contribution in [3.63, 3.8) is 0 Å². The number of hydrogen-bond acceptors (Lipinski definition) is 9. The molecule has 0 radical (unpaired) electrons. The summed E-state index contributed by atoms with van der Waals surface area (Å²) in [4.78, 5) is -1.82. The van der Waals surface area contributed by atoms with Crippen LogP contribution in [0.2, 0.25) is 0 Å². The van der Waals surface area contributed by atoms with Crippen LogP contribution in [0.1, 0.15) is 5.56 Å². The smallest absolute Gasteiger partial charge is 0.872 e. The van der Waals surface area contributed by atoms with E-state index in [4.69, 9.17) is 10.3 Å². The number of rotatable bonds is 4. The molecule has 4 N–H and O–H groups in total. The standard InChI is InChI=1S/C17H15N3O8S2.2Na/c1-8-4-10(18)2-3-12(8)19-20-16-14(30(26,27)28)6-9-5-11(29(23,24)25)7-13(21)15(9)17(16)22;;/h2-7,21-22H,18H2,1H3,(H,23,24,25)(H,26,27,28);;/q;2*+1/p-2. The molecule has 0 bridgehead atoms. The van der Waals surface area contributed by atoms with Gasteiger partial charge in [-0.05, 0) is 59.7 Å². The Kier molecular flexibility index (Phi) is 9.30. The number of benzene rings is 3. The molecule has 0 unspecified atom stereocenters. The summed E-state index contributed by atoms with van der Waals surface area (Å²) in [6.07, 6.45) is 0. The zero-order valence-corrected chi connectivity index (χ0v) is 22.7.